The van der Waals surface area contributed by atoms with Gasteiger partial charge in [0.1, 0.15) is 0 Å². The van der Waals surface area contributed by atoms with Gasteiger partial charge in [-0.1, -0.05) is 13.0 Å². The molecule has 0 radical (unpaired) electrons. The molecule has 2 N–H and O–H groups in total. The van der Waals surface area contributed by atoms with E-state index in [1.165, 1.54) is 17.1 Å². The highest BCUT2D eigenvalue weighted by molar-refractivity contribution is 8.01. The maximum Gasteiger partial charge on any atom is 0.0624 e. The summed E-state index contributed by atoms with van der Waals surface area (Å²) in [6.07, 6.45) is 2.52. The van der Waals surface area contributed by atoms with Crippen LogP contribution in [0.4, 0.5) is 0 Å². The fraction of sp³-hybridized carbons (Fsp3) is 0.667. The summed E-state index contributed by atoms with van der Waals surface area (Å²) >= 11 is 3.64. The van der Waals surface area contributed by atoms with Gasteiger partial charge < -0.3 is 10.4 Å². The lowest BCUT2D eigenvalue weighted by atomic mass is 9.97. The largest absolute Gasteiger partial charge is 0.394 e. The minimum Gasteiger partial charge on any atom is -0.394 e. The topological polar surface area (TPSA) is 32.3 Å². The van der Waals surface area contributed by atoms with Gasteiger partial charge in [-0.3, -0.25) is 0 Å². The molecule has 0 saturated heterocycles. The number of aliphatic hydroxyl groups excluding tert-OH is 1. The summed E-state index contributed by atoms with van der Waals surface area (Å²) in [7, 11) is 0. The Labute approximate surface area is 105 Å². The van der Waals surface area contributed by atoms with E-state index < -0.39 is 0 Å². The zero-order valence-corrected chi connectivity index (χ0v) is 11.2. The van der Waals surface area contributed by atoms with Crippen LogP contribution in [-0.4, -0.2) is 29.5 Å². The maximum absolute atomic E-state index is 9.67. The Hall–Kier alpha value is -0.0300. The number of likely N-dealkylation sites (N-methyl/N-ethyl adjacent to an activating group) is 1. The molecule has 4 heteroatoms. The standard InChI is InChI=1S/C12H19NOS2/c1-2-13-12(8-14,10-5-6-10)9-16-11-4-3-7-15-11/h3-4,7,10,13-14H,2,5-6,8-9H2,1H3. The van der Waals surface area contributed by atoms with E-state index in [0.29, 0.717) is 5.92 Å². The van der Waals surface area contributed by atoms with Crippen molar-refractivity contribution in [3.63, 3.8) is 0 Å². The molecule has 0 bridgehead atoms. The van der Waals surface area contributed by atoms with Crippen LogP contribution in [0.25, 0.3) is 0 Å². The molecule has 1 saturated carbocycles. The van der Waals surface area contributed by atoms with E-state index in [9.17, 15) is 5.11 Å². The van der Waals surface area contributed by atoms with E-state index in [4.69, 9.17) is 0 Å². The average Bonchev–Trinajstić information content (AvgIpc) is 3.03. The highest BCUT2D eigenvalue weighted by Gasteiger charge is 2.44. The summed E-state index contributed by atoms with van der Waals surface area (Å²) in [5.74, 6) is 1.65. The van der Waals surface area contributed by atoms with Crippen LogP contribution in [-0.2, 0) is 0 Å². The van der Waals surface area contributed by atoms with Crippen molar-refractivity contribution in [3.8, 4) is 0 Å². The van der Waals surface area contributed by atoms with E-state index in [1.54, 1.807) is 11.3 Å². The molecule has 16 heavy (non-hydrogen) atoms. The van der Waals surface area contributed by atoms with Crippen molar-refractivity contribution in [3.05, 3.63) is 17.5 Å². The Kier molecular flexibility index (Phi) is 4.30. The van der Waals surface area contributed by atoms with E-state index in [0.717, 1.165) is 12.3 Å². The van der Waals surface area contributed by atoms with Gasteiger partial charge in [0, 0.05) is 5.75 Å². The fourth-order valence-electron chi connectivity index (χ4n) is 2.08. The molecular weight excluding hydrogens is 238 g/mol. The summed E-state index contributed by atoms with van der Waals surface area (Å²) in [4.78, 5) is 0. The summed E-state index contributed by atoms with van der Waals surface area (Å²) in [5, 5.41) is 15.3. The zero-order valence-electron chi connectivity index (χ0n) is 9.61. The smallest absolute Gasteiger partial charge is 0.0624 e. The quantitative estimate of drug-likeness (QED) is 0.736. The molecule has 0 aliphatic heterocycles. The van der Waals surface area contributed by atoms with Crippen LogP contribution in [0.15, 0.2) is 21.7 Å². The van der Waals surface area contributed by atoms with Crippen molar-refractivity contribution in [2.24, 2.45) is 5.92 Å². The van der Waals surface area contributed by atoms with Crippen molar-refractivity contribution < 1.29 is 5.11 Å². The van der Waals surface area contributed by atoms with Crippen LogP contribution >= 0.6 is 23.1 Å². The number of nitrogens with one attached hydrogen (secondary N) is 1. The molecule has 1 aromatic rings. The first-order valence-corrected chi connectivity index (χ1v) is 7.69. The second kappa shape index (κ2) is 5.54. The summed E-state index contributed by atoms with van der Waals surface area (Å²) in [6, 6.07) is 4.23. The number of rotatable bonds is 7. The van der Waals surface area contributed by atoms with Gasteiger partial charge in [0.25, 0.3) is 0 Å². The Morgan fingerprint density at radius 3 is 2.94 bits per heavy atom. The van der Waals surface area contributed by atoms with Crippen LogP contribution in [0.1, 0.15) is 19.8 Å². The highest BCUT2D eigenvalue weighted by atomic mass is 32.2. The number of thiophene rings is 1. The molecule has 2 rings (SSSR count). The second-order valence-electron chi connectivity index (χ2n) is 4.34. The van der Waals surface area contributed by atoms with Crippen molar-refractivity contribution in [2.75, 3.05) is 18.9 Å². The Bertz CT molecular complexity index is 311. The monoisotopic (exact) mass is 257 g/mol. The van der Waals surface area contributed by atoms with E-state index >= 15 is 0 Å². The SMILES string of the molecule is CCNC(CO)(CSc1cccs1)C1CC1. The lowest BCUT2D eigenvalue weighted by Gasteiger charge is -2.32. The van der Waals surface area contributed by atoms with Crippen LogP contribution < -0.4 is 5.32 Å². The predicted octanol–water partition coefficient (Wildman–Crippen LogP) is 2.59. The first-order valence-electron chi connectivity index (χ1n) is 5.83. The first kappa shape index (κ1) is 12.4. The summed E-state index contributed by atoms with van der Waals surface area (Å²) in [6.45, 7) is 3.30. The lowest BCUT2D eigenvalue weighted by molar-refractivity contribution is 0.161. The van der Waals surface area contributed by atoms with Gasteiger partial charge in [-0.2, -0.15) is 0 Å². The van der Waals surface area contributed by atoms with Gasteiger partial charge in [0.15, 0.2) is 0 Å². The van der Waals surface area contributed by atoms with Crippen molar-refractivity contribution in [1.82, 2.24) is 5.32 Å². The molecule has 1 unspecified atom stereocenters. The molecule has 1 heterocycles. The van der Waals surface area contributed by atoms with Crippen LogP contribution in [0, 0.1) is 5.92 Å². The van der Waals surface area contributed by atoms with Gasteiger partial charge in [-0.25, -0.2) is 0 Å². The van der Waals surface area contributed by atoms with Crippen molar-refractivity contribution >= 4 is 23.1 Å². The normalized spacial score (nSPS) is 19.6. The third-order valence-corrected chi connectivity index (χ3v) is 5.52. The number of thioether (sulfide) groups is 1. The molecular formula is C12H19NOS2. The number of hydrogen-bond donors (Lipinski definition) is 2. The Morgan fingerprint density at radius 1 is 1.62 bits per heavy atom. The maximum atomic E-state index is 9.67. The molecule has 0 spiro atoms. The molecule has 1 aliphatic rings. The minimum absolute atomic E-state index is 0.0522. The van der Waals surface area contributed by atoms with Gasteiger partial charge in [-0.15, -0.1) is 23.1 Å². The van der Waals surface area contributed by atoms with E-state index in [-0.39, 0.29) is 12.1 Å². The molecule has 0 amide bonds. The van der Waals surface area contributed by atoms with Gasteiger partial charge in [0.05, 0.1) is 16.4 Å². The number of hydrogen-bond acceptors (Lipinski definition) is 4. The Balaban J connectivity index is 1.95. The molecule has 1 atom stereocenters. The van der Waals surface area contributed by atoms with E-state index in [1.807, 2.05) is 11.8 Å². The highest BCUT2D eigenvalue weighted by Crippen LogP contribution is 2.42. The van der Waals surface area contributed by atoms with Crippen LogP contribution in [0.2, 0.25) is 0 Å². The van der Waals surface area contributed by atoms with Crippen LogP contribution in [0.5, 0.6) is 0 Å². The molecule has 1 aromatic heterocycles. The Morgan fingerprint density at radius 2 is 2.44 bits per heavy atom. The average molecular weight is 257 g/mol. The summed E-state index contributed by atoms with van der Waals surface area (Å²) < 4.78 is 1.34. The fourth-order valence-corrected chi connectivity index (χ4v) is 4.15. The first-order chi connectivity index (χ1) is 7.80. The predicted molar refractivity (Wildman–Crippen MR) is 71.3 cm³/mol. The lowest BCUT2D eigenvalue weighted by Crippen LogP contribution is -2.52. The molecule has 1 aliphatic carbocycles. The minimum atomic E-state index is -0.0522. The van der Waals surface area contributed by atoms with Gasteiger partial charge in [0.2, 0.25) is 0 Å². The number of aliphatic hydroxyl groups is 1. The molecule has 1 fully saturated rings. The van der Waals surface area contributed by atoms with Crippen LogP contribution in [0.3, 0.4) is 0 Å². The molecule has 0 aromatic carbocycles. The van der Waals surface area contributed by atoms with Gasteiger partial charge >= 0.3 is 0 Å². The van der Waals surface area contributed by atoms with E-state index in [2.05, 4.69) is 29.8 Å². The van der Waals surface area contributed by atoms with Gasteiger partial charge in [-0.05, 0) is 36.8 Å². The second-order valence-corrected chi connectivity index (χ2v) is 6.56. The molecule has 2 nitrogen and oxygen atoms in total. The zero-order chi connectivity index (χ0) is 11.4. The third-order valence-electron chi connectivity index (χ3n) is 3.14. The summed E-state index contributed by atoms with van der Waals surface area (Å²) in [5.41, 5.74) is -0.0522. The van der Waals surface area contributed by atoms with Crippen molar-refractivity contribution in [1.29, 1.82) is 0 Å². The van der Waals surface area contributed by atoms with Crippen molar-refractivity contribution in [2.45, 2.75) is 29.5 Å². The third kappa shape index (κ3) is 2.80. The molecule has 90 valence electrons.